The first-order valence-electron chi connectivity index (χ1n) is 7.30. The summed E-state index contributed by atoms with van der Waals surface area (Å²) >= 11 is 0. The van der Waals surface area contributed by atoms with Crippen LogP contribution >= 0.6 is 0 Å². The summed E-state index contributed by atoms with van der Waals surface area (Å²) in [6, 6.07) is 4.71. The molecule has 0 aliphatic carbocycles. The number of alkyl carbamates (subject to hydrolysis) is 1. The van der Waals surface area contributed by atoms with Crippen LogP contribution in [0.25, 0.3) is 0 Å². The molecule has 0 saturated heterocycles. The third kappa shape index (κ3) is 4.43. The number of esters is 1. The van der Waals surface area contributed by atoms with Crippen LogP contribution in [0.1, 0.15) is 48.4 Å². The van der Waals surface area contributed by atoms with Gasteiger partial charge >= 0.3 is 12.1 Å². The number of amides is 1. The average molecular weight is 323 g/mol. The highest BCUT2D eigenvalue weighted by Gasteiger charge is 2.25. The number of hydrogen-bond donors (Lipinski definition) is 3. The first-order chi connectivity index (χ1) is 10.7. The molecule has 0 bridgehead atoms. The number of fused-ring (bicyclic) bond motifs is 1. The van der Waals surface area contributed by atoms with E-state index in [0.29, 0.717) is 16.7 Å². The predicted octanol–water partition coefficient (Wildman–Crippen LogP) is 1.28. The molecule has 3 N–H and O–H groups in total. The lowest BCUT2D eigenvalue weighted by Gasteiger charge is -2.22. The van der Waals surface area contributed by atoms with Gasteiger partial charge in [-0.2, -0.15) is 0 Å². The Kier molecular flexibility index (Phi) is 4.91. The fourth-order valence-corrected chi connectivity index (χ4v) is 2.17. The Morgan fingerprint density at radius 1 is 1.39 bits per heavy atom. The number of nitrogens with one attached hydrogen (secondary N) is 1. The second kappa shape index (κ2) is 6.55. The lowest BCUT2D eigenvalue weighted by Crippen LogP contribution is -2.38. The standard InChI is InChI=1S/C16H21NO6/c1-16(2,3)23-15(21)17-7-12(18)13(19)9-4-5-11-10(6-9)8-22-14(11)20/h4-6,12-13,18-19H,7-8H2,1-3H3,(H,17,21). The molecule has 0 spiro atoms. The lowest BCUT2D eigenvalue weighted by atomic mass is 9.99. The Morgan fingerprint density at radius 3 is 2.74 bits per heavy atom. The monoisotopic (exact) mass is 323 g/mol. The van der Waals surface area contributed by atoms with E-state index in [1.807, 2.05) is 0 Å². The highest BCUT2D eigenvalue weighted by molar-refractivity contribution is 5.93. The van der Waals surface area contributed by atoms with E-state index < -0.39 is 29.9 Å². The number of carbonyl (C=O) groups excluding carboxylic acids is 2. The van der Waals surface area contributed by atoms with Crippen molar-refractivity contribution >= 4 is 12.1 Å². The molecule has 23 heavy (non-hydrogen) atoms. The lowest BCUT2D eigenvalue weighted by molar-refractivity contribution is 0.0129. The molecular weight excluding hydrogens is 302 g/mol. The van der Waals surface area contributed by atoms with Crippen molar-refractivity contribution in [3.63, 3.8) is 0 Å². The molecule has 1 aromatic carbocycles. The maximum atomic E-state index is 11.5. The van der Waals surface area contributed by atoms with Gasteiger partial charge in [0.25, 0.3) is 0 Å². The van der Waals surface area contributed by atoms with Crippen molar-refractivity contribution in [3.8, 4) is 0 Å². The molecule has 2 atom stereocenters. The molecular formula is C16H21NO6. The molecule has 2 rings (SSSR count). The van der Waals surface area contributed by atoms with Gasteiger partial charge in [0, 0.05) is 12.1 Å². The minimum atomic E-state index is -1.21. The molecule has 0 aromatic heterocycles. The molecule has 1 amide bonds. The van der Waals surface area contributed by atoms with Crippen LogP contribution in [0, 0.1) is 0 Å². The van der Waals surface area contributed by atoms with Gasteiger partial charge in [-0.25, -0.2) is 9.59 Å². The maximum Gasteiger partial charge on any atom is 0.407 e. The van der Waals surface area contributed by atoms with E-state index in [-0.39, 0.29) is 13.2 Å². The van der Waals surface area contributed by atoms with Crippen LogP contribution < -0.4 is 5.32 Å². The summed E-state index contributed by atoms with van der Waals surface area (Å²) in [6.07, 6.45) is -3.08. The van der Waals surface area contributed by atoms with Gasteiger partial charge in [0.05, 0.1) is 5.56 Å². The summed E-state index contributed by atoms with van der Waals surface area (Å²) in [6.45, 7) is 5.17. The van der Waals surface area contributed by atoms with Crippen LogP contribution in [0.15, 0.2) is 18.2 Å². The van der Waals surface area contributed by atoms with Crippen LogP contribution in [0.4, 0.5) is 4.79 Å². The number of benzene rings is 1. The second-order valence-electron chi connectivity index (χ2n) is 6.39. The minimum absolute atomic E-state index is 0.154. The van der Waals surface area contributed by atoms with Crippen LogP contribution in [-0.2, 0) is 16.1 Å². The number of ether oxygens (including phenoxy) is 2. The van der Waals surface area contributed by atoms with Gasteiger partial charge in [-0.1, -0.05) is 6.07 Å². The van der Waals surface area contributed by atoms with Crippen molar-refractivity contribution in [2.24, 2.45) is 0 Å². The van der Waals surface area contributed by atoms with E-state index in [1.54, 1.807) is 39.0 Å². The van der Waals surface area contributed by atoms with E-state index in [4.69, 9.17) is 9.47 Å². The smallest absolute Gasteiger partial charge is 0.407 e. The van der Waals surface area contributed by atoms with Gasteiger partial charge < -0.3 is 25.0 Å². The molecule has 126 valence electrons. The summed E-state index contributed by atoms with van der Waals surface area (Å²) in [5.41, 5.74) is 0.932. The third-order valence-electron chi connectivity index (χ3n) is 3.27. The molecule has 0 saturated carbocycles. The zero-order chi connectivity index (χ0) is 17.2. The number of carbonyl (C=O) groups is 2. The fourth-order valence-electron chi connectivity index (χ4n) is 2.17. The van der Waals surface area contributed by atoms with E-state index in [2.05, 4.69) is 5.32 Å². The topological polar surface area (TPSA) is 105 Å². The summed E-state index contributed by atoms with van der Waals surface area (Å²) in [5, 5.41) is 22.6. The Hall–Kier alpha value is -2.12. The van der Waals surface area contributed by atoms with Crippen molar-refractivity contribution in [1.29, 1.82) is 0 Å². The first kappa shape index (κ1) is 17.2. The van der Waals surface area contributed by atoms with Gasteiger partial charge in [-0.3, -0.25) is 0 Å². The molecule has 1 aliphatic rings. The fraction of sp³-hybridized carbons (Fsp3) is 0.500. The zero-order valence-corrected chi connectivity index (χ0v) is 13.3. The number of aliphatic hydroxyl groups is 2. The molecule has 0 fully saturated rings. The Morgan fingerprint density at radius 2 is 2.09 bits per heavy atom. The Balaban J connectivity index is 1.94. The van der Waals surface area contributed by atoms with E-state index in [9.17, 15) is 19.8 Å². The quantitative estimate of drug-likeness (QED) is 0.721. The molecule has 7 heteroatoms. The van der Waals surface area contributed by atoms with Crippen molar-refractivity contribution in [1.82, 2.24) is 5.32 Å². The van der Waals surface area contributed by atoms with Crippen LogP contribution in [0.5, 0.6) is 0 Å². The molecule has 7 nitrogen and oxygen atoms in total. The highest BCUT2D eigenvalue weighted by atomic mass is 16.6. The largest absolute Gasteiger partial charge is 0.457 e. The second-order valence-corrected chi connectivity index (χ2v) is 6.39. The zero-order valence-electron chi connectivity index (χ0n) is 13.3. The van der Waals surface area contributed by atoms with Crippen LogP contribution in [0.2, 0.25) is 0 Å². The van der Waals surface area contributed by atoms with Crippen LogP contribution in [-0.4, -0.2) is 40.5 Å². The molecule has 0 radical (unpaired) electrons. The van der Waals surface area contributed by atoms with Gasteiger partial charge in [0.15, 0.2) is 0 Å². The summed E-state index contributed by atoms with van der Waals surface area (Å²) in [5.74, 6) is -0.395. The molecule has 1 heterocycles. The number of cyclic esters (lactones) is 1. The van der Waals surface area contributed by atoms with Gasteiger partial charge in [0.1, 0.15) is 24.4 Å². The minimum Gasteiger partial charge on any atom is -0.457 e. The van der Waals surface area contributed by atoms with Gasteiger partial charge in [-0.15, -0.1) is 0 Å². The van der Waals surface area contributed by atoms with E-state index in [0.717, 1.165) is 0 Å². The maximum absolute atomic E-state index is 11.5. The average Bonchev–Trinajstić information content (AvgIpc) is 2.83. The highest BCUT2D eigenvalue weighted by Crippen LogP contribution is 2.25. The number of rotatable bonds is 4. The van der Waals surface area contributed by atoms with Crippen molar-refractivity contribution in [2.45, 2.75) is 45.2 Å². The molecule has 1 aromatic rings. The summed E-state index contributed by atoms with van der Waals surface area (Å²) in [4.78, 5) is 22.9. The molecule has 1 aliphatic heterocycles. The van der Waals surface area contributed by atoms with Crippen molar-refractivity contribution < 1.29 is 29.3 Å². The Bertz CT molecular complexity index is 607. The predicted molar refractivity (Wildman–Crippen MR) is 80.8 cm³/mol. The van der Waals surface area contributed by atoms with Crippen molar-refractivity contribution in [3.05, 3.63) is 34.9 Å². The number of hydrogen-bond acceptors (Lipinski definition) is 6. The summed E-state index contributed by atoms with van der Waals surface area (Å²) < 4.78 is 9.94. The SMILES string of the molecule is CC(C)(C)OC(=O)NCC(O)C(O)c1ccc2c(c1)COC2=O. The van der Waals surface area contributed by atoms with Crippen LogP contribution in [0.3, 0.4) is 0 Å². The third-order valence-corrected chi connectivity index (χ3v) is 3.27. The normalized spacial score (nSPS) is 16.3. The van der Waals surface area contributed by atoms with Crippen molar-refractivity contribution in [2.75, 3.05) is 6.54 Å². The summed E-state index contributed by atoms with van der Waals surface area (Å²) in [7, 11) is 0. The Labute approximate surface area is 134 Å². The van der Waals surface area contributed by atoms with Gasteiger partial charge in [0.2, 0.25) is 0 Å². The first-order valence-corrected chi connectivity index (χ1v) is 7.30. The molecule has 2 unspecified atom stereocenters. The van der Waals surface area contributed by atoms with Gasteiger partial charge in [-0.05, 0) is 38.5 Å². The van der Waals surface area contributed by atoms with E-state index >= 15 is 0 Å². The number of aliphatic hydroxyl groups excluding tert-OH is 2. The van der Waals surface area contributed by atoms with E-state index in [1.165, 1.54) is 0 Å².